The Bertz CT molecular complexity index is 540. The van der Waals surface area contributed by atoms with Crippen molar-refractivity contribution in [3.63, 3.8) is 0 Å². The van der Waals surface area contributed by atoms with Crippen LogP contribution in [0.5, 0.6) is 0 Å². The number of nitrogens with zero attached hydrogens (tertiary/aromatic N) is 1. The predicted molar refractivity (Wildman–Crippen MR) is 88.7 cm³/mol. The molecule has 3 atom stereocenters. The van der Waals surface area contributed by atoms with Crippen LogP contribution in [0.2, 0.25) is 0 Å². The highest BCUT2D eigenvalue weighted by atomic mass is 16.3. The molecule has 3 heteroatoms. The van der Waals surface area contributed by atoms with Gasteiger partial charge in [-0.1, -0.05) is 26.0 Å². The molecule has 2 aliphatic rings. The molecule has 1 aromatic rings. The van der Waals surface area contributed by atoms with Gasteiger partial charge in [0.05, 0.1) is 12.7 Å². The summed E-state index contributed by atoms with van der Waals surface area (Å²) in [7, 11) is 0. The second-order valence-corrected chi connectivity index (χ2v) is 7.59. The van der Waals surface area contributed by atoms with Gasteiger partial charge in [0.25, 0.3) is 0 Å². The first kappa shape index (κ1) is 16.0. The fraction of sp³-hybridized carbons (Fsp3) is 0.684. The Morgan fingerprint density at radius 2 is 2.09 bits per heavy atom. The first-order valence-electron chi connectivity index (χ1n) is 8.64. The molecule has 0 bridgehead atoms. The second kappa shape index (κ2) is 6.31. The Labute approximate surface area is 134 Å². The minimum Gasteiger partial charge on any atom is -0.393 e. The van der Waals surface area contributed by atoms with Crippen LogP contribution in [0.25, 0.3) is 0 Å². The van der Waals surface area contributed by atoms with Crippen molar-refractivity contribution in [3.8, 4) is 0 Å². The van der Waals surface area contributed by atoms with Gasteiger partial charge in [-0.15, -0.1) is 0 Å². The zero-order valence-corrected chi connectivity index (χ0v) is 14.0. The van der Waals surface area contributed by atoms with Crippen LogP contribution in [-0.2, 0) is 13.0 Å². The summed E-state index contributed by atoms with van der Waals surface area (Å²) in [5, 5.41) is 20.1. The predicted octanol–water partition coefficient (Wildman–Crippen LogP) is 2.81. The maximum Gasteiger partial charge on any atom is 0.0684 e. The van der Waals surface area contributed by atoms with Crippen molar-refractivity contribution in [2.45, 2.75) is 58.8 Å². The molecule has 1 aromatic carbocycles. The van der Waals surface area contributed by atoms with E-state index in [0.717, 1.165) is 37.9 Å². The molecule has 0 radical (unpaired) electrons. The topological polar surface area (TPSA) is 43.7 Å². The largest absolute Gasteiger partial charge is 0.393 e. The molecule has 122 valence electrons. The van der Waals surface area contributed by atoms with Gasteiger partial charge in [-0.2, -0.15) is 0 Å². The maximum absolute atomic E-state index is 10.6. The first-order chi connectivity index (χ1) is 10.5. The molecule has 0 amide bonds. The average molecular weight is 303 g/mol. The molecule has 0 aromatic heterocycles. The SMILES string of the molecule is Cc1cc2c(cc1CO)[C@H]1C[C@@H](O)[C@H](CC(C)C)CN1CC2. The quantitative estimate of drug-likeness (QED) is 0.902. The van der Waals surface area contributed by atoms with E-state index in [1.54, 1.807) is 0 Å². The molecule has 2 N–H and O–H groups in total. The van der Waals surface area contributed by atoms with E-state index in [-0.39, 0.29) is 12.7 Å². The summed E-state index contributed by atoms with van der Waals surface area (Å²) in [6, 6.07) is 4.75. The Kier molecular flexibility index (Phi) is 4.58. The van der Waals surface area contributed by atoms with Crippen molar-refractivity contribution >= 4 is 0 Å². The average Bonchev–Trinajstić information content (AvgIpc) is 2.47. The monoisotopic (exact) mass is 303 g/mol. The van der Waals surface area contributed by atoms with Crippen molar-refractivity contribution in [2.75, 3.05) is 13.1 Å². The van der Waals surface area contributed by atoms with E-state index in [9.17, 15) is 10.2 Å². The maximum atomic E-state index is 10.6. The van der Waals surface area contributed by atoms with Crippen LogP contribution in [0.4, 0.5) is 0 Å². The lowest BCUT2D eigenvalue weighted by atomic mass is 9.78. The van der Waals surface area contributed by atoms with E-state index in [1.807, 2.05) is 0 Å². The Hall–Kier alpha value is -0.900. The molecule has 3 nitrogen and oxygen atoms in total. The van der Waals surface area contributed by atoms with E-state index in [2.05, 4.69) is 37.8 Å². The van der Waals surface area contributed by atoms with Gasteiger partial charge in [-0.3, -0.25) is 4.90 Å². The highest BCUT2D eigenvalue weighted by Gasteiger charge is 2.38. The van der Waals surface area contributed by atoms with Crippen molar-refractivity contribution in [3.05, 3.63) is 34.4 Å². The third-order valence-corrected chi connectivity index (χ3v) is 5.49. The Morgan fingerprint density at radius 3 is 2.77 bits per heavy atom. The van der Waals surface area contributed by atoms with E-state index >= 15 is 0 Å². The zero-order valence-electron chi connectivity index (χ0n) is 14.0. The number of fused-ring (bicyclic) bond motifs is 3. The summed E-state index contributed by atoms with van der Waals surface area (Å²) >= 11 is 0. The van der Waals surface area contributed by atoms with Crippen molar-refractivity contribution in [2.24, 2.45) is 11.8 Å². The fourth-order valence-electron chi connectivity index (χ4n) is 4.32. The van der Waals surface area contributed by atoms with Gasteiger partial charge in [0.2, 0.25) is 0 Å². The second-order valence-electron chi connectivity index (χ2n) is 7.59. The lowest BCUT2D eigenvalue weighted by molar-refractivity contribution is -0.0191. The lowest BCUT2D eigenvalue weighted by Crippen LogP contribution is -2.48. The summed E-state index contributed by atoms with van der Waals surface area (Å²) in [6.07, 6.45) is 2.82. The van der Waals surface area contributed by atoms with Crippen LogP contribution in [0.3, 0.4) is 0 Å². The zero-order chi connectivity index (χ0) is 15.9. The van der Waals surface area contributed by atoms with Crippen LogP contribution in [0, 0.1) is 18.8 Å². The van der Waals surface area contributed by atoms with Crippen LogP contribution < -0.4 is 0 Å². The first-order valence-corrected chi connectivity index (χ1v) is 8.64. The minimum atomic E-state index is -0.200. The van der Waals surface area contributed by atoms with Gasteiger partial charge in [-0.25, -0.2) is 0 Å². The molecular formula is C19H29NO2. The summed E-state index contributed by atoms with van der Waals surface area (Å²) in [5.74, 6) is 1.04. The molecule has 2 heterocycles. The number of aryl methyl sites for hydroxylation is 1. The number of hydrogen-bond acceptors (Lipinski definition) is 3. The van der Waals surface area contributed by atoms with Crippen molar-refractivity contribution < 1.29 is 10.2 Å². The van der Waals surface area contributed by atoms with Gasteiger partial charge in [0, 0.05) is 19.1 Å². The van der Waals surface area contributed by atoms with Crippen LogP contribution in [-0.4, -0.2) is 34.3 Å². The highest BCUT2D eigenvalue weighted by Crippen LogP contribution is 2.40. The van der Waals surface area contributed by atoms with E-state index < -0.39 is 0 Å². The van der Waals surface area contributed by atoms with Crippen molar-refractivity contribution in [1.82, 2.24) is 4.90 Å². The molecule has 22 heavy (non-hydrogen) atoms. The van der Waals surface area contributed by atoms with Crippen LogP contribution >= 0.6 is 0 Å². The number of aliphatic hydroxyl groups excluding tert-OH is 2. The number of hydrogen-bond donors (Lipinski definition) is 2. The molecule has 1 saturated heterocycles. The van der Waals surface area contributed by atoms with Crippen LogP contribution in [0.1, 0.15) is 55.0 Å². The number of piperidine rings is 1. The summed E-state index contributed by atoms with van der Waals surface area (Å²) in [5.41, 5.74) is 4.96. The van der Waals surface area contributed by atoms with Gasteiger partial charge in [0.1, 0.15) is 0 Å². The normalized spacial score (nSPS) is 28.5. The van der Waals surface area contributed by atoms with Gasteiger partial charge < -0.3 is 10.2 Å². The van der Waals surface area contributed by atoms with Gasteiger partial charge in [0.15, 0.2) is 0 Å². The molecule has 0 spiro atoms. The standard InChI is InChI=1S/C19H29NO2/c1-12(2)6-15-10-20-5-4-14-7-13(3)16(11-21)8-17(14)18(20)9-19(15)22/h7-8,12,15,18-19,21-22H,4-6,9-11H2,1-3H3/t15-,18-,19-/m1/s1. The minimum absolute atomic E-state index is 0.102. The third kappa shape index (κ3) is 2.94. The molecule has 2 aliphatic heterocycles. The Morgan fingerprint density at radius 1 is 1.32 bits per heavy atom. The molecule has 0 saturated carbocycles. The van der Waals surface area contributed by atoms with Gasteiger partial charge in [-0.05, 0) is 60.3 Å². The molecule has 0 unspecified atom stereocenters. The van der Waals surface area contributed by atoms with E-state index in [4.69, 9.17) is 0 Å². The smallest absolute Gasteiger partial charge is 0.0684 e. The molecule has 0 aliphatic carbocycles. The lowest BCUT2D eigenvalue weighted by Gasteiger charge is -2.46. The summed E-state index contributed by atoms with van der Waals surface area (Å²) in [4.78, 5) is 2.55. The number of benzene rings is 1. The van der Waals surface area contributed by atoms with Crippen molar-refractivity contribution in [1.29, 1.82) is 0 Å². The molecule has 1 fully saturated rings. The summed E-state index contributed by atoms with van der Waals surface area (Å²) in [6.45, 7) is 8.75. The number of rotatable bonds is 3. The van der Waals surface area contributed by atoms with E-state index in [0.29, 0.717) is 17.9 Å². The van der Waals surface area contributed by atoms with Crippen LogP contribution in [0.15, 0.2) is 12.1 Å². The summed E-state index contributed by atoms with van der Waals surface area (Å²) < 4.78 is 0. The third-order valence-electron chi connectivity index (χ3n) is 5.49. The molecule has 3 rings (SSSR count). The molecular weight excluding hydrogens is 274 g/mol. The number of aliphatic hydroxyl groups is 2. The van der Waals surface area contributed by atoms with E-state index in [1.165, 1.54) is 16.7 Å². The fourth-order valence-corrected chi connectivity index (χ4v) is 4.32. The van der Waals surface area contributed by atoms with Gasteiger partial charge >= 0.3 is 0 Å². The Balaban J connectivity index is 1.86. The highest BCUT2D eigenvalue weighted by molar-refractivity contribution is 5.41.